The summed E-state index contributed by atoms with van der Waals surface area (Å²) >= 11 is 0. The van der Waals surface area contributed by atoms with Gasteiger partial charge in [-0.1, -0.05) is 26.2 Å². The van der Waals surface area contributed by atoms with Gasteiger partial charge in [-0.2, -0.15) is 0 Å². The standard InChI is InChI=1S/C12H24O2/c1-3-7-11(14-4-2)12(13)10-8-5-6-9-10/h10-13H,3-9H2,1-2H3. The Balaban J connectivity index is 2.39. The van der Waals surface area contributed by atoms with Crippen LogP contribution in [0.4, 0.5) is 0 Å². The number of rotatable bonds is 6. The summed E-state index contributed by atoms with van der Waals surface area (Å²) in [6.45, 7) is 4.87. The molecule has 1 fully saturated rings. The van der Waals surface area contributed by atoms with Gasteiger partial charge in [0, 0.05) is 6.61 Å². The zero-order valence-corrected chi connectivity index (χ0v) is 9.54. The number of ether oxygens (including phenoxy) is 1. The van der Waals surface area contributed by atoms with Gasteiger partial charge in [-0.25, -0.2) is 0 Å². The second-order valence-electron chi connectivity index (χ2n) is 4.32. The monoisotopic (exact) mass is 200 g/mol. The summed E-state index contributed by atoms with van der Waals surface area (Å²) in [7, 11) is 0. The third kappa shape index (κ3) is 3.25. The first-order valence-corrected chi connectivity index (χ1v) is 6.09. The first-order valence-electron chi connectivity index (χ1n) is 6.09. The third-order valence-electron chi connectivity index (χ3n) is 3.22. The lowest BCUT2D eigenvalue weighted by atomic mass is 9.94. The van der Waals surface area contributed by atoms with E-state index in [1.54, 1.807) is 0 Å². The zero-order valence-electron chi connectivity index (χ0n) is 9.54. The Bertz CT molecular complexity index is 135. The van der Waals surface area contributed by atoms with Crippen molar-refractivity contribution >= 4 is 0 Å². The maximum atomic E-state index is 10.1. The summed E-state index contributed by atoms with van der Waals surface area (Å²) in [6, 6.07) is 0. The van der Waals surface area contributed by atoms with E-state index in [-0.39, 0.29) is 12.2 Å². The van der Waals surface area contributed by atoms with Crippen LogP contribution in [0.2, 0.25) is 0 Å². The molecule has 0 aliphatic heterocycles. The van der Waals surface area contributed by atoms with Crippen LogP contribution in [0.15, 0.2) is 0 Å². The van der Waals surface area contributed by atoms with Crippen molar-refractivity contribution in [3.63, 3.8) is 0 Å². The van der Waals surface area contributed by atoms with Crippen LogP contribution in [0.3, 0.4) is 0 Å². The molecule has 2 nitrogen and oxygen atoms in total. The highest BCUT2D eigenvalue weighted by Gasteiger charge is 2.29. The Labute approximate surface area is 87.7 Å². The second kappa shape index (κ2) is 6.41. The molecular weight excluding hydrogens is 176 g/mol. The Morgan fingerprint density at radius 2 is 1.93 bits per heavy atom. The largest absolute Gasteiger partial charge is 0.390 e. The van der Waals surface area contributed by atoms with Crippen molar-refractivity contribution in [3.05, 3.63) is 0 Å². The second-order valence-corrected chi connectivity index (χ2v) is 4.32. The predicted molar refractivity (Wildman–Crippen MR) is 58.3 cm³/mol. The summed E-state index contributed by atoms with van der Waals surface area (Å²) in [4.78, 5) is 0. The van der Waals surface area contributed by atoms with E-state index in [9.17, 15) is 5.11 Å². The minimum atomic E-state index is -0.225. The van der Waals surface area contributed by atoms with Gasteiger partial charge in [0.25, 0.3) is 0 Å². The normalized spacial score (nSPS) is 22.5. The molecule has 0 radical (unpaired) electrons. The minimum absolute atomic E-state index is 0.0769. The van der Waals surface area contributed by atoms with E-state index in [0.717, 1.165) is 12.8 Å². The molecule has 1 rings (SSSR count). The molecule has 2 atom stereocenters. The average molecular weight is 200 g/mol. The van der Waals surface area contributed by atoms with Gasteiger partial charge in [0.05, 0.1) is 12.2 Å². The van der Waals surface area contributed by atoms with Gasteiger partial charge < -0.3 is 9.84 Å². The maximum Gasteiger partial charge on any atom is 0.0836 e. The number of aliphatic hydroxyl groups excluding tert-OH is 1. The van der Waals surface area contributed by atoms with Crippen molar-refractivity contribution in [1.29, 1.82) is 0 Å². The Morgan fingerprint density at radius 1 is 1.29 bits per heavy atom. The average Bonchev–Trinajstić information content (AvgIpc) is 2.69. The smallest absolute Gasteiger partial charge is 0.0836 e. The lowest BCUT2D eigenvalue weighted by Gasteiger charge is -2.27. The molecule has 0 amide bonds. The lowest BCUT2D eigenvalue weighted by Crippen LogP contribution is -2.34. The van der Waals surface area contributed by atoms with Crippen LogP contribution >= 0.6 is 0 Å². The van der Waals surface area contributed by atoms with Crippen LogP contribution in [-0.2, 0) is 4.74 Å². The Kier molecular flexibility index (Phi) is 5.49. The van der Waals surface area contributed by atoms with E-state index in [0.29, 0.717) is 12.5 Å². The van der Waals surface area contributed by atoms with Crippen LogP contribution < -0.4 is 0 Å². The van der Waals surface area contributed by atoms with Gasteiger partial charge in [-0.05, 0) is 32.1 Å². The van der Waals surface area contributed by atoms with Crippen molar-refractivity contribution in [1.82, 2.24) is 0 Å². The molecule has 0 heterocycles. The third-order valence-corrected chi connectivity index (χ3v) is 3.22. The summed E-state index contributed by atoms with van der Waals surface area (Å²) < 4.78 is 5.61. The summed E-state index contributed by atoms with van der Waals surface area (Å²) in [5.41, 5.74) is 0. The first-order chi connectivity index (χ1) is 6.79. The van der Waals surface area contributed by atoms with Gasteiger partial charge >= 0.3 is 0 Å². The molecule has 1 aliphatic rings. The van der Waals surface area contributed by atoms with Crippen molar-refractivity contribution in [2.75, 3.05) is 6.61 Å². The van der Waals surface area contributed by atoms with E-state index >= 15 is 0 Å². The van der Waals surface area contributed by atoms with E-state index in [4.69, 9.17) is 4.74 Å². The summed E-state index contributed by atoms with van der Waals surface area (Å²) in [5.74, 6) is 0.498. The molecule has 1 aliphatic carbocycles. The van der Waals surface area contributed by atoms with Gasteiger partial charge in [0.2, 0.25) is 0 Å². The van der Waals surface area contributed by atoms with Crippen molar-refractivity contribution in [2.45, 2.75) is 64.6 Å². The molecule has 14 heavy (non-hydrogen) atoms. The van der Waals surface area contributed by atoms with Crippen LogP contribution in [0.5, 0.6) is 0 Å². The van der Waals surface area contributed by atoms with Gasteiger partial charge in [0.1, 0.15) is 0 Å². The highest BCUT2D eigenvalue weighted by atomic mass is 16.5. The quantitative estimate of drug-likeness (QED) is 0.714. The molecule has 0 aromatic carbocycles. The van der Waals surface area contributed by atoms with E-state index in [2.05, 4.69) is 6.92 Å². The molecular formula is C12H24O2. The fourth-order valence-corrected chi connectivity index (χ4v) is 2.45. The molecule has 0 saturated heterocycles. The van der Waals surface area contributed by atoms with Crippen molar-refractivity contribution < 1.29 is 9.84 Å². The number of hydrogen-bond acceptors (Lipinski definition) is 2. The van der Waals surface area contributed by atoms with Gasteiger partial charge in [-0.15, -0.1) is 0 Å². The van der Waals surface area contributed by atoms with Gasteiger partial charge in [0.15, 0.2) is 0 Å². The SMILES string of the molecule is CCCC(OCC)C(O)C1CCCC1. The molecule has 0 spiro atoms. The molecule has 1 N–H and O–H groups in total. The molecule has 1 saturated carbocycles. The zero-order chi connectivity index (χ0) is 10.4. The Morgan fingerprint density at radius 3 is 2.43 bits per heavy atom. The number of aliphatic hydroxyl groups is 1. The minimum Gasteiger partial charge on any atom is -0.390 e. The molecule has 0 bridgehead atoms. The van der Waals surface area contributed by atoms with Crippen LogP contribution in [0.1, 0.15) is 52.4 Å². The fourth-order valence-electron chi connectivity index (χ4n) is 2.45. The lowest BCUT2D eigenvalue weighted by molar-refractivity contribution is -0.0609. The van der Waals surface area contributed by atoms with Gasteiger partial charge in [-0.3, -0.25) is 0 Å². The molecule has 0 aromatic rings. The van der Waals surface area contributed by atoms with Crippen LogP contribution in [0, 0.1) is 5.92 Å². The fraction of sp³-hybridized carbons (Fsp3) is 1.00. The maximum absolute atomic E-state index is 10.1. The molecule has 84 valence electrons. The van der Waals surface area contributed by atoms with Crippen molar-refractivity contribution in [3.8, 4) is 0 Å². The Hall–Kier alpha value is -0.0800. The first kappa shape index (κ1) is 12.0. The number of hydrogen-bond donors (Lipinski definition) is 1. The predicted octanol–water partition coefficient (Wildman–Crippen LogP) is 2.74. The van der Waals surface area contributed by atoms with Crippen LogP contribution in [-0.4, -0.2) is 23.9 Å². The van der Waals surface area contributed by atoms with E-state index in [1.165, 1.54) is 25.7 Å². The van der Waals surface area contributed by atoms with Crippen molar-refractivity contribution in [2.24, 2.45) is 5.92 Å². The highest BCUT2D eigenvalue weighted by Crippen LogP contribution is 2.30. The van der Waals surface area contributed by atoms with E-state index in [1.807, 2.05) is 6.92 Å². The molecule has 2 heteroatoms. The topological polar surface area (TPSA) is 29.5 Å². The van der Waals surface area contributed by atoms with Crippen LogP contribution in [0.25, 0.3) is 0 Å². The summed E-state index contributed by atoms with van der Waals surface area (Å²) in [5, 5.41) is 10.1. The molecule has 0 aromatic heterocycles. The summed E-state index contributed by atoms with van der Waals surface area (Å²) in [6.07, 6.45) is 6.88. The molecule has 2 unspecified atom stereocenters. The highest BCUT2D eigenvalue weighted by molar-refractivity contribution is 4.80. The van der Waals surface area contributed by atoms with E-state index < -0.39 is 0 Å².